The fourth-order valence-corrected chi connectivity index (χ4v) is 4.54. The molecular formula is C25H29N5O3. The predicted octanol–water partition coefficient (Wildman–Crippen LogP) is 3.18. The number of aryl methyl sites for hydroxylation is 1. The van der Waals surface area contributed by atoms with E-state index in [1.54, 1.807) is 17.0 Å². The Morgan fingerprint density at radius 2 is 2.06 bits per heavy atom. The summed E-state index contributed by atoms with van der Waals surface area (Å²) in [6, 6.07) is 10.8. The number of pyridine rings is 2. The highest BCUT2D eigenvalue weighted by Crippen LogP contribution is 2.40. The Kier molecular flexibility index (Phi) is 5.93. The molecule has 2 amide bonds. The Morgan fingerprint density at radius 1 is 1.27 bits per heavy atom. The molecule has 0 saturated carbocycles. The molecule has 1 fully saturated rings. The van der Waals surface area contributed by atoms with E-state index in [1.807, 2.05) is 32.0 Å². The molecular weight excluding hydrogens is 418 g/mol. The lowest BCUT2D eigenvalue weighted by atomic mass is 9.78. The number of benzene rings is 1. The number of aromatic nitrogens is 2. The average molecular weight is 448 g/mol. The second-order valence-corrected chi connectivity index (χ2v) is 9.03. The van der Waals surface area contributed by atoms with Gasteiger partial charge in [-0.1, -0.05) is 19.9 Å². The van der Waals surface area contributed by atoms with Crippen LogP contribution in [-0.4, -0.2) is 33.2 Å². The number of anilines is 2. The van der Waals surface area contributed by atoms with Crippen molar-refractivity contribution in [2.24, 2.45) is 5.92 Å². The fourth-order valence-electron chi connectivity index (χ4n) is 4.54. The second-order valence-electron chi connectivity index (χ2n) is 9.03. The number of hydrogen-bond donors (Lipinski definition) is 3. The molecule has 4 rings (SSSR count). The molecule has 0 bridgehead atoms. The standard InChI is InChI=1S/C25H29N5O3/c1-4-16-12-19(13-27-22(16)26)28-23(32)24(33)30-14-15(2)9-10-25(30,3)18-6-7-20-17(11-18)5-8-21(31)29-20/h5-8,11-13,15H,4,9-10,14H2,1-3H3,(H2,26,27)(H,28,32)(H,29,31)/t15-,25-/m0/s1. The van der Waals surface area contributed by atoms with Crippen LogP contribution in [0.15, 0.2) is 47.4 Å². The van der Waals surface area contributed by atoms with Gasteiger partial charge in [0.2, 0.25) is 5.56 Å². The summed E-state index contributed by atoms with van der Waals surface area (Å²) in [7, 11) is 0. The normalized spacial score (nSPS) is 20.6. The Hall–Kier alpha value is -3.68. The third kappa shape index (κ3) is 4.33. The van der Waals surface area contributed by atoms with Gasteiger partial charge in [0.1, 0.15) is 5.82 Å². The first-order valence-corrected chi connectivity index (χ1v) is 11.2. The molecule has 0 spiro atoms. The maximum Gasteiger partial charge on any atom is 0.313 e. The Bertz CT molecular complexity index is 1280. The molecule has 3 heterocycles. The highest BCUT2D eigenvalue weighted by molar-refractivity contribution is 6.39. The third-order valence-electron chi connectivity index (χ3n) is 6.64. The van der Waals surface area contributed by atoms with Crippen molar-refractivity contribution < 1.29 is 9.59 Å². The molecule has 1 aromatic carbocycles. The van der Waals surface area contributed by atoms with Gasteiger partial charge in [-0.3, -0.25) is 14.4 Å². The van der Waals surface area contributed by atoms with E-state index in [2.05, 4.69) is 22.2 Å². The summed E-state index contributed by atoms with van der Waals surface area (Å²) in [6.45, 7) is 6.51. The van der Waals surface area contributed by atoms with Gasteiger partial charge in [-0.2, -0.15) is 0 Å². The zero-order chi connectivity index (χ0) is 23.8. The average Bonchev–Trinajstić information content (AvgIpc) is 2.81. The smallest absolute Gasteiger partial charge is 0.313 e. The maximum atomic E-state index is 13.4. The fraction of sp³-hybridized carbons (Fsp3) is 0.360. The minimum absolute atomic E-state index is 0.162. The number of carbonyl (C=O) groups is 2. The molecule has 1 aliphatic heterocycles. The van der Waals surface area contributed by atoms with Crippen molar-refractivity contribution >= 4 is 34.2 Å². The number of carbonyl (C=O) groups excluding carboxylic acids is 2. The molecule has 1 saturated heterocycles. The molecule has 172 valence electrons. The van der Waals surface area contributed by atoms with E-state index in [0.29, 0.717) is 24.5 Å². The first kappa shape index (κ1) is 22.5. The molecule has 33 heavy (non-hydrogen) atoms. The molecule has 2 atom stereocenters. The third-order valence-corrected chi connectivity index (χ3v) is 6.64. The van der Waals surface area contributed by atoms with Crippen LogP contribution in [0.5, 0.6) is 0 Å². The Morgan fingerprint density at radius 3 is 2.82 bits per heavy atom. The van der Waals surface area contributed by atoms with E-state index in [-0.39, 0.29) is 11.5 Å². The number of nitrogens with zero attached hydrogens (tertiary/aromatic N) is 2. The van der Waals surface area contributed by atoms with Crippen LogP contribution in [0.3, 0.4) is 0 Å². The molecule has 2 aromatic heterocycles. The van der Waals surface area contributed by atoms with Crippen molar-refractivity contribution in [1.29, 1.82) is 0 Å². The zero-order valence-corrected chi connectivity index (χ0v) is 19.1. The van der Waals surface area contributed by atoms with Crippen molar-refractivity contribution in [3.05, 3.63) is 64.1 Å². The number of amides is 2. The number of nitrogen functional groups attached to an aromatic ring is 1. The summed E-state index contributed by atoms with van der Waals surface area (Å²) in [6.07, 6.45) is 3.80. The topological polar surface area (TPSA) is 121 Å². The van der Waals surface area contributed by atoms with Crippen molar-refractivity contribution in [3.8, 4) is 0 Å². The van der Waals surface area contributed by atoms with Crippen LogP contribution in [-0.2, 0) is 21.5 Å². The van der Waals surface area contributed by atoms with Crippen LogP contribution in [0.25, 0.3) is 10.9 Å². The number of likely N-dealkylation sites (tertiary alicyclic amines) is 1. The van der Waals surface area contributed by atoms with Gasteiger partial charge >= 0.3 is 11.8 Å². The molecule has 4 N–H and O–H groups in total. The van der Waals surface area contributed by atoms with Gasteiger partial charge in [0.15, 0.2) is 0 Å². The summed E-state index contributed by atoms with van der Waals surface area (Å²) >= 11 is 0. The van der Waals surface area contributed by atoms with Gasteiger partial charge in [-0.05, 0) is 72.9 Å². The van der Waals surface area contributed by atoms with Crippen LogP contribution in [0, 0.1) is 5.92 Å². The van der Waals surface area contributed by atoms with Crippen molar-refractivity contribution in [2.45, 2.75) is 45.6 Å². The largest absolute Gasteiger partial charge is 0.383 e. The molecule has 3 aromatic rings. The van der Waals surface area contributed by atoms with Crippen molar-refractivity contribution in [3.63, 3.8) is 0 Å². The van der Waals surface area contributed by atoms with Crippen molar-refractivity contribution in [2.75, 3.05) is 17.6 Å². The van der Waals surface area contributed by atoms with E-state index in [9.17, 15) is 14.4 Å². The highest BCUT2D eigenvalue weighted by atomic mass is 16.2. The lowest BCUT2D eigenvalue weighted by Crippen LogP contribution is -2.55. The van der Waals surface area contributed by atoms with Crippen LogP contribution in [0.4, 0.5) is 11.5 Å². The zero-order valence-electron chi connectivity index (χ0n) is 19.1. The number of aromatic amines is 1. The number of H-pyrrole nitrogens is 1. The predicted molar refractivity (Wildman–Crippen MR) is 129 cm³/mol. The summed E-state index contributed by atoms with van der Waals surface area (Å²) in [5.74, 6) is -0.594. The summed E-state index contributed by atoms with van der Waals surface area (Å²) in [4.78, 5) is 46.6. The molecule has 0 unspecified atom stereocenters. The van der Waals surface area contributed by atoms with E-state index in [4.69, 9.17) is 5.73 Å². The van der Waals surface area contributed by atoms with E-state index >= 15 is 0 Å². The summed E-state index contributed by atoms with van der Waals surface area (Å²) in [5, 5.41) is 3.57. The van der Waals surface area contributed by atoms with Gasteiger partial charge in [0, 0.05) is 18.1 Å². The van der Waals surface area contributed by atoms with Crippen LogP contribution in [0.2, 0.25) is 0 Å². The van der Waals surface area contributed by atoms with Gasteiger partial charge in [-0.15, -0.1) is 0 Å². The minimum Gasteiger partial charge on any atom is -0.383 e. The Balaban J connectivity index is 1.65. The van der Waals surface area contributed by atoms with Gasteiger partial charge in [-0.25, -0.2) is 4.98 Å². The molecule has 8 heteroatoms. The molecule has 0 aliphatic carbocycles. The lowest BCUT2D eigenvalue weighted by Gasteiger charge is -2.47. The number of piperidine rings is 1. The van der Waals surface area contributed by atoms with Crippen molar-refractivity contribution in [1.82, 2.24) is 14.9 Å². The number of rotatable bonds is 3. The van der Waals surface area contributed by atoms with Crippen LogP contribution >= 0.6 is 0 Å². The molecule has 8 nitrogen and oxygen atoms in total. The van der Waals surface area contributed by atoms with Gasteiger partial charge < -0.3 is 20.9 Å². The monoisotopic (exact) mass is 447 g/mol. The Labute approximate surface area is 192 Å². The van der Waals surface area contributed by atoms with E-state index in [0.717, 1.165) is 34.9 Å². The summed E-state index contributed by atoms with van der Waals surface area (Å²) in [5.41, 5.74) is 7.95. The minimum atomic E-state index is -0.700. The first-order valence-electron chi connectivity index (χ1n) is 11.2. The SMILES string of the molecule is CCc1cc(NC(=O)C(=O)N2C[C@@H](C)CC[C@@]2(C)c2ccc3[nH]c(=O)ccc3c2)cnc1N. The number of hydrogen-bond acceptors (Lipinski definition) is 5. The van der Waals surface area contributed by atoms with E-state index in [1.165, 1.54) is 12.3 Å². The summed E-state index contributed by atoms with van der Waals surface area (Å²) < 4.78 is 0. The van der Waals surface area contributed by atoms with E-state index < -0.39 is 17.4 Å². The van der Waals surface area contributed by atoms with Gasteiger partial charge in [0.05, 0.1) is 17.4 Å². The quantitative estimate of drug-likeness (QED) is 0.533. The first-order chi connectivity index (χ1) is 15.7. The lowest BCUT2D eigenvalue weighted by molar-refractivity contribution is -0.150. The van der Waals surface area contributed by atoms with Crippen LogP contribution in [0.1, 0.15) is 44.7 Å². The second kappa shape index (κ2) is 8.69. The number of fused-ring (bicyclic) bond motifs is 1. The maximum absolute atomic E-state index is 13.4. The molecule has 0 radical (unpaired) electrons. The van der Waals surface area contributed by atoms with Crippen LogP contribution < -0.4 is 16.6 Å². The number of nitrogens with two attached hydrogens (primary N) is 1. The highest BCUT2D eigenvalue weighted by Gasteiger charge is 2.43. The number of nitrogens with one attached hydrogen (secondary N) is 2. The van der Waals surface area contributed by atoms with Gasteiger partial charge in [0.25, 0.3) is 0 Å². The molecule has 1 aliphatic rings.